The number of benzene rings is 1. The van der Waals surface area contributed by atoms with Gasteiger partial charge in [-0.3, -0.25) is 9.69 Å². The van der Waals surface area contributed by atoms with Crippen LogP contribution in [0.25, 0.3) is 0 Å². The number of ether oxygens (including phenoxy) is 1. The zero-order valence-corrected chi connectivity index (χ0v) is 16.0. The number of aliphatic carboxylic acids is 1. The van der Waals surface area contributed by atoms with Crippen molar-refractivity contribution in [2.75, 3.05) is 18.0 Å². The number of rotatable bonds is 2. The van der Waals surface area contributed by atoms with E-state index in [2.05, 4.69) is 0 Å². The average molecular weight is 374 g/mol. The summed E-state index contributed by atoms with van der Waals surface area (Å²) in [6.45, 7) is 6.31. The molecule has 0 saturated carbocycles. The summed E-state index contributed by atoms with van der Waals surface area (Å²) in [7, 11) is 0. The topological polar surface area (TPSA) is 87.2 Å². The number of hydrogen-bond donors (Lipinski definition) is 1. The van der Waals surface area contributed by atoms with E-state index < -0.39 is 17.6 Å². The smallest absolute Gasteiger partial charge is 0.410 e. The Bertz CT molecular complexity index is 747. The quantitative estimate of drug-likeness (QED) is 0.860. The minimum Gasteiger partial charge on any atom is -0.480 e. The van der Waals surface area contributed by atoms with E-state index in [-0.39, 0.29) is 17.9 Å². The molecular weight excluding hydrogens is 348 g/mol. The highest BCUT2D eigenvalue weighted by atomic mass is 16.6. The molecular formula is C20H26N2O5. The molecule has 27 heavy (non-hydrogen) atoms. The molecule has 146 valence electrons. The first-order valence-electron chi connectivity index (χ1n) is 9.29. The summed E-state index contributed by atoms with van der Waals surface area (Å²) in [4.78, 5) is 40.0. The molecule has 2 aliphatic heterocycles. The van der Waals surface area contributed by atoms with Crippen molar-refractivity contribution in [1.82, 2.24) is 4.90 Å². The second-order valence-corrected chi connectivity index (χ2v) is 8.14. The minimum atomic E-state index is -0.995. The molecule has 0 aromatic heterocycles. The maximum absolute atomic E-state index is 13.1. The number of carboxylic acid groups (broad SMARTS) is 1. The number of carboxylic acids is 1. The second-order valence-electron chi connectivity index (χ2n) is 8.14. The van der Waals surface area contributed by atoms with Crippen LogP contribution in [0.2, 0.25) is 0 Å². The lowest BCUT2D eigenvalue weighted by molar-refractivity contribution is -0.140. The predicted octanol–water partition coefficient (Wildman–Crippen LogP) is 2.68. The summed E-state index contributed by atoms with van der Waals surface area (Å²) in [6.07, 6.45) is 0.962. The van der Waals surface area contributed by atoms with Crippen LogP contribution in [0.1, 0.15) is 39.2 Å². The molecule has 1 fully saturated rings. The van der Waals surface area contributed by atoms with Crippen LogP contribution in [-0.4, -0.2) is 52.7 Å². The fourth-order valence-corrected chi connectivity index (χ4v) is 3.69. The van der Waals surface area contributed by atoms with E-state index in [0.717, 1.165) is 5.56 Å². The number of carbonyl (C=O) groups is 3. The predicted molar refractivity (Wildman–Crippen MR) is 99.6 cm³/mol. The van der Waals surface area contributed by atoms with Crippen molar-refractivity contribution in [2.24, 2.45) is 5.92 Å². The van der Waals surface area contributed by atoms with Crippen molar-refractivity contribution < 1.29 is 24.2 Å². The van der Waals surface area contributed by atoms with Crippen LogP contribution in [0, 0.1) is 5.92 Å². The van der Waals surface area contributed by atoms with E-state index in [4.69, 9.17) is 4.74 Å². The molecule has 7 heteroatoms. The maximum Gasteiger partial charge on any atom is 0.410 e. The van der Waals surface area contributed by atoms with Crippen LogP contribution >= 0.6 is 0 Å². The minimum absolute atomic E-state index is 0.170. The normalized spacial score (nSPS) is 20.3. The third-order valence-corrected chi connectivity index (χ3v) is 4.99. The molecule has 7 nitrogen and oxygen atoms in total. The van der Waals surface area contributed by atoms with Crippen LogP contribution in [-0.2, 0) is 20.7 Å². The lowest BCUT2D eigenvalue weighted by Crippen LogP contribution is -2.49. The Morgan fingerprint density at radius 2 is 1.74 bits per heavy atom. The molecule has 2 amide bonds. The van der Waals surface area contributed by atoms with Crippen molar-refractivity contribution in [1.29, 1.82) is 0 Å². The first-order valence-corrected chi connectivity index (χ1v) is 9.29. The molecule has 1 N–H and O–H groups in total. The van der Waals surface area contributed by atoms with Crippen molar-refractivity contribution in [3.05, 3.63) is 29.8 Å². The van der Waals surface area contributed by atoms with Crippen molar-refractivity contribution in [3.63, 3.8) is 0 Å². The van der Waals surface area contributed by atoms with Gasteiger partial charge in [-0.25, -0.2) is 9.59 Å². The molecule has 1 saturated heterocycles. The average Bonchev–Trinajstić information content (AvgIpc) is 2.99. The molecule has 1 aromatic rings. The molecule has 2 aliphatic rings. The standard InChI is InChI=1S/C20H26N2O5/c1-20(2,3)27-19(26)21-10-8-13(9-11-21)17(23)22-15-7-5-4-6-14(15)12-16(22)18(24)25/h4-7,13,16H,8-12H2,1-3H3,(H,24,25). The Labute approximate surface area is 158 Å². The number of nitrogens with zero attached hydrogens (tertiary/aromatic N) is 2. The first kappa shape index (κ1) is 19.2. The molecule has 0 radical (unpaired) electrons. The highest BCUT2D eigenvalue weighted by molar-refractivity contribution is 6.03. The third-order valence-electron chi connectivity index (χ3n) is 4.99. The maximum atomic E-state index is 13.1. The van der Waals surface area contributed by atoms with E-state index >= 15 is 0 Å². The summed E-state index contributed by atoms with van der Waals surface area (Å²) < 4.78 is 5.38. The number of amides is 2. The van der Waals surface area contributed by atoms with Crippen molar-refractivity contribution in [3.8, 4) is 0 Å². The molecule has 1 atom stereocenters. The van der Waals surface area contributed by atoms with Gasteiger partial charge in [-0.2, -0.15) is 0 Å². The fraction of sp³-hybridized carbons (Fsp3) is 0.550. The molecule has 1 unspecified atom stereocenters. The van der Waals surface area contributed by atoms with Gasteiger partial charge in [0.15, 0.2) is 0 Å². The van der Waals surface area contributed by atoms with Gasteiger partial charge in [0.25, 0.3) is 0 Å². The Kier molecular flexibility index (Phi) is 5.13. The van der Waals surface area contributed by atoms with Crippen LogP contribution in [0.5, 0.6) is 0 Å². The van der Waals surface area contributed by atoms with E-state index in [0.29, 0.717) is 38.0 Å². The number of para-hydroxylation sites is 1. The largest absolute Gasteiger partial charge is 0.480 e. The zero-order chi connectivity index (χ0) is 19.8. The molecule has 0 spiro atoms. The van der Waals surface area contributed by atoms with Gasteiger partial charge >= 0.3 is 12.1 Å². The summed E-state index contributed by atoms with van der Waals surface area (Å²) in [5.41, 5.74) is 1.01. The van der Waals surface area contributed by atoms with Crippen molar-refractivity contribution in [2.45, 2.75) is 51.7 Å². The van der Waals surface area contributed by atoms with Gasteiger partial charge in [-0.15, -0.1) is 0 Å². The van der Waals surface area contributed by atoms with Crippen LogP contribution in [0.4, 0.5) is 10.5 Å². The van der Waals surface area contributed by atoms with Gasteiger partial charge in [0, 0.05) is 31.1 Å². The molecule has 0 aliphatic carbocycles. The lowest BCUT2D eigenvalue weighted by atomic mass is 9.95. The van der Waals surface area contributed by atoms with Crippen molar-refractivity contribution >= 4 is 23.7 Å². The SMILES string of the molecule is CC(C)(C)OC(=O)N1CCC(C(=O)N2c3ccccc3CC2C(=O)O)CC1. The number of piperidine rings is 1. The number of fused-ring (bicyclic) bond motifs is 1. The van der Waals surface area contributed by atoms with Gasteiger partial charge in [-0.1, -0.05) is 18.2 Å². The van der Waals surface area contributed by atoms with E-state index in [9.17, 15) is 19.5 Å². The summed E-state index contributed by atoms with van der Waals surface area (Å²) in [6, 6.07) is 6.47. The van der Waals surface area contributed by atoms with Gasteiger partial charge in [-0.05, 0) is 45.2 Å². The molecule has 0 bridgehead atoms. The Balaban J connectivity index is 1.68. The molecule has 2 heterocycles. The van der Waals surface area contributed by atoms with E-state index in [1.807, 2.05) is 39.0 Å². The van der Waals surface area contributed by atoms with E-state index in [1.165, 1.54) is 4.90 Å². The van der Waals surface area contributed by atoms with Crippen LogP contribution < -0.4 is 4.90 Å². The third kappa shape index (κ3) is 4.07. The van der Waals surface area contributed by atoms with Gasteiger partial charge in [0.2, 0.25) is 5.91 Å². The van der Waals surface area contributed by atoms with Gasteiger partial charge < -0.3 is 14.7 Å². The molecule has 1 aromatic carbocycles. The summed E-state index contributed by atoms with van der Waals surface area (Å²) in [5.74, 6) is -1.46. The highest BCUT2D eigenvalue weighted by Gasteiger charge is 2.41. The summed E-state index contributed by atoms with van der Waals surface area (Å²) >= 11 is 0. The Morgan fingerprint density at radius 1 is 1.11 bits per heavy atom. The first-order chi connectivity index (χ1) is 12.7. The number of likely N-dealkylation sites (tertiary alicyclic amines) is 1. The zero-order valence-electron chi connectivity index (χ0n) is 16.0. The van der Waals surface area contributed by atoms with Crippen LogP contribution in [0.3, 0.4) is 0 Å². The fourth-order valence-electron chi connectivity index (χ4n) is 3.69. The second kappa shape index (κ2) is 7.21. The van der Waals surface area contributed by atoms with E-state index in [1.54, 1.807) is 11.0 Å². The summed E-state index contributed by atoms with van der Waals surface area (Å²) in [5, 5.41) is 9.56. The number of hydrogen-bond acceptors (Lipinski definition) is 4. The number of carbonyl (C=O) groups excluding carboxylic acids is 2. The van der Waals surface area contributed by atoms with Gasteiger partial charge in [0.1, 0.15) is 11.6 Å². The van der Waals surface area contributed by atoms with Gasteiger partial charge in [0.05, 0.1) is 0 Å². The van der Waals surface area contributed by atoms with Crippen LogP contribution in [0.15, 0.2) is 24.3 Å². The Morgan fingerprint density at radius 3 is 2.33 bits per heavy atom. The Hall–Kier alpha value is -2.57. The highest BCUT2D eigenvalue weighted by Crippen LogP contribution is 2.35. The lowest BCUT2D eigenvalue weighted by Gasteiger charge is -2.35. The monoisotopic (exact) mass is 374 g/mol. The molecule has 3 rings (SSSR count). The number of anilines is 1.